The summed E-state index contributed by atoms with van der Waals surface area (Å²) in [7, 11) is -3.66. The van der Waals surface area contributed by atoms with E-state index in [0.29, 0.717) is 13.2 Å². The predicted octanol–water partition coefficient (Wildman–Crippen LogP) is 3.14. The van der Waals surface area contributed by atoms with Crippen molar-refractivity contribution >= 4 is 27.1 Å². The van der Waals surface area contributed by atoms with Crippen LogP contribution in [-0.4, -0.2) is 63.1 Å². The highest BCUT2D eigenvalue weighted by Crippen LogP contribution is 2.34. The van der Waals surface area contributed by atoms with Gasteiger partial charge in [-0.2, -0.15) is 4.31 Å². The highest BCUT2D eigenvalue weighted by molar-refractivity contribution is 7.89. The Morgan fingerprint density at radius 3 is 2.48 bits per heavy atom. The molecule has 0 bridgehead atoms. The molecule has 2 saturated heterocycles. The molecule has 4 rings (SSSR count). The quantitative estimate of drug-likeness (QED) is 0.481. The molecular weight excluding hydrogens is 451 g/mol. The second-order valence-corrected chi connectivity index (χ2v) is 10.2. The molecular formula is C22H27FN4O5S. The van der Waals surface area contributed by atoms with Gasteiger partial charge in [0.2, 0.25) is 10.0 Å². The molecule has 0 aliphatic carbocycles. The standard InChI is InChI=1S/C22H27FN4O5S/c1-16-4-6-18(7-5-16)33(30,31)26-10-8-25(9-11-26)21-14-20(19(23)13-22(21)27(28)29)24-15-17-3-2-12-32-17/h4-7,13-14,17,24H,2-3,8-12,15H2,1H3/t17-/m1/s1. The lowest BCUT2D eigenvalue weighted by atomic mass is 10.1. The summed E-state index contributed by atoms with van der Waals surface area (Å²) in [5, 5.41) is 14.6. The van der Waals surface area contributed by atoms with Gasteiger partial charge in [0.05, 0.1) is 27.7 Å². The molecule has 1 N–H and O–H groups in total. The monoisotopic (exact) mass is 478 g/mol. The smallest absolute Gasteiger partial charge is 0.295 e. The van der Waals surface area contributed by atoms with Gasteiger partial charge < -0.3 is 15.0 Å². The molecule has 11 heteroatoms. The minimum atomic E-state index is -3.66. The van der Waals surface area contributed by atoms with Crippen molar-refractivity contribution in [3.8, 4) is 0 Å². The van der Waals surface area contributed by atoms with E-state index in [9.17, 15) is 22.9 Å². The average molecular weight is 479 g/mol. The summed E-state index contributed by atoms with van der Waals surface area (Å²) in [4.78, 5) is 12.9. The van der Waals surface area contributed by atoms with E-state index in [1.165, 1.54) is 10.4 Å². The van der Waals surface area contributed by atoms with Gasteiger partial charge in [0, 0.05) is 39.3 Å². The Morgan fingerprint density at radius 1 is 1.18 bits per heavy atom. The summed E-state index contributed by atoms with van der Waals surface area (Å²) in [6, 6.07) is 9.00. The minimum Gasteiger partial charge on any atom is -0.380 e. The molecule has 0 saturated carbocycles. The van der Waals surface area contributed by atoms with Crippen LogP contribution in [0.15, 0.2) is 41.3 Å². The number of halogens is 1. The number of aryl methyl sites for hydroxylation is 1. The summed E-state index contributed by atoms with van der Waals surface area (Å²) in [5.41, 5.74) is 1.06. The van der Waals surface area contributed by atoms with Crippen molar-refractivity contribution in [2.24, 2.45) is 0 Å². The number of benzene rings is 2. The van der Waals surface area contributed by atoms with Gasteiger partial charge in [0.25, 0.3) is 5.69 Å². The molecule has 0 amide bonds. The van der Waals surface area contributed by atoms with E-state index in [2.05, 4.69) is 5.32 Å². The Kier molecular flexibility index (Phi) is 6.82. The van der Waals surface area contributed by atoms with Crippen LogP contribution < -0.4 is 10.2 Å². The molecule has 2 aliphatic heterocycles. The van der Waals surface area contributed by atoms with Crippen molar-refractivity contribution in [3.63, 3.8) is 0 Å². The van der Waals surface area contributed by atoms with Crippen LogP contribution in [0.2, 0.25) is 0 Å². The van der Waals surface area contributed by atoms with Gasteiger partial charge in [-0.1, -0.05) is 17.7 Å². The molecule has 2 aliphatic rings. The molecule has 0 spiro atoms. The largest absolute Gasteiger partial charge is 0.380 e. The molecule has 33 heavy (non-hydrogen) atoms. The van der Waals surface area contributed by atoms with Gasteiger partial charge in [-0.25, -0.2) is 12.8 Å². The first-order valence-electron chi connectivity index (χ1n) is 10.9. The molecule has 0 unspecified atom stereocenters. The number of ether oxygens (including phenoxy) is 1. The molecule has 2 fully saturated rings. The average Bonchev–Trinajstić information content (AvgIpc) is 3.32. The van der Waals surface area contributed by atoms with Crippen LogP contribution in [0.4, 0.5) is 21.5 Å². The van der Waals surface area contributed by atoms with Crippen molar-refractivity contribution in [2.75, 3.05) is 49.5 Å². The lowest BCUT2D eigenvalue weighted by molar-refractivity contribution is -0.384. The third kappa shape index (κ3) is 5.10. The summed E-state index contributed by atoms with van der Waals surface area (Å²) < 4.78 is 47.4. The van der Waals surface area contributed by atoms with E-state index in [1.807, 2.05) is 6.92 Å². The number of nitro groups is 1. The lowest BCUT2D eigenvalue weighted by Gasteiger charge is -2.35. The lowest BCUT2D eigenvalue weighted by Crippen LogP contribution is -2.48. The summed E-state index contributed by atoms with van der Waals surface area (Å²) in [6.45, 7) is 3.82. The Balaban J connectivity index is 1.50. The van der Waals surface area contributed by atoms with Crippen molar-refractivity contribution in [1.82, 2.24) is 4.31 Å². The van der Waals surface area contributed by atoms with E-state index in [4.69, 9.17) is 4.74 Å². The Labute approximate surface area is 192 Å². The number of nitrogens with one attached hydrogen (secondary N) is 1. The molecule has 1 atom stereocenters. The Bertz CT molecular complexity index is 1110. The number of sulfonamides is 1. The summed E-state index contributed by atoms with van der Waals surface area (Å²) in [6.07, 6.45) is 1.82. The third-order valence-corrected chi connectivity index (χ3v) is 7.96. The Hall–Kier alpha value is -2.76. The molecule has 178 valence electrons. The SMILES string of the molecule is Cc1ccc(S(=O)(=O)N2CCN(c3cc(NC[C@H]4CCCO4)c(F)cc3[N+](=O)[O-])CC2)cc1. The summed E-state index contributed by atoms with van der Waals surface area (Å²) in [5.74, 6) is -0.705. The number of hydrogen-bond donors (Lipinski definition) is 1. The van der Waals surface area contributed by atoms with E-state index in [0.717, 1.165) is 24.5 Å². The van der Waals surface area contributed by atoms with Crippen LogP contribution in [0.1, 0.15) is 18.4 Å². The second-order valence-electron chi connectivity index (χ2n) is 8.30. The first kappa shape index (κ1) is 23.4. The maximum Gasteiger partial charge on any atom is 0.295 e. The topological polar surface area (TPSA) is 105 Å². The number of nitrogens with zero attached hydrogens (tertiary/aromatic N) is 3. The molecule has 0 aromatic heterocycles. The van der Waals surface area contributed by atoms with E-state index < -0.39 is 20.8 Å². The highest BCUT2D eigenvalue weighted by atomic mass is 32.2. The van der Waals surface area contributed by atoms with Crippen LogP contribution in [0, 0.1) is 22.9 Å². The predicted molar refractivity (Wildman–Crippen MR) is 123 cm³/mol. The van der Waals surface area contributed by atoms with Crippen LogP contribution >= 0.6 is 0 Å². The number of piperazine rings is 1. The summed E-state index contributed by atoms with van der Waals surface area (Å²) >= 11 is 0. The van der Waals surface area contributed by atoms with Crippen LogP contribution in [0.5, 0.6) is 0 Å². The zero-order valence-electron chi connectivity index (χ0n) is 18.4. The second kappa shape index (κ2) is 9.62. The first-order chi connectivity index (χ1) is 15.8. The number of rotatable bonds is 7. The zero-order chi connectivity index (χ0) is 23.6. The molecule has 9 nitrogen and oxygen atoms in total. The molecule has 2 aromatic carbocycles. The molecule has 2 aromatic rings. The minimum absolute atomic E-state index is 0.0152. The normalized spacial score (nSPS) is 19.6. The molecule has 2 heterocycles. The maximum atomic E-state index is 14.6. The zero-order valence-corrected chi connectivity index (χ0v) is 19.2. The van der Waals surface area contributed by atoms with Gasteiger partial charge in [-0.05, 0) is 38.0 Å². The number of anilines is 2. The van der Waals surface area contributed by atoms with E-state index in [-0.39, 0.29) is 54.2 Å². The van der Waals surface area contributed by atoms with E-state index >= 15 is 0 Å². The molecule has 0 radical (unpaired) electrons. The highest BCUT2D eigenvalue weighted by Gasteiger charge is 2.31. The number of nitro benzene ring substituents is 1. The first-order valence-corrected chi connectivity index (χ1v) is 12.3. The van der Waals surface area contributed by atoms with Crippen molar-refractivity contribution in [1.29, 1.82) is 0 Å². The van der Waals surface area contributed by atoms with Gasteiger partial charge in [0.15, 0.2) is 5.82 Å². The van der Waals surface area contributed by atoms with Crippen molar-refractivity contribution in [3.05, 3.63) is 57.9 Å². The maximum absolute atomic E-state index is 14.6. The van der Waals surface area contributed by atoms with Crippen LogP contribution in [0.3, 0.4) is 0 Å². The fourth-order valence-electron chi connectivity index (χ4n) is 4.14. The van der Waals surface area contributed by atoms with Gasteiger partial charge in [-0.15, -0.1) is 0 Å². The Morgan fingerprint density at radius 2 is 1.88 bits per heavy atom. The van der Waals surface area contributed by atoms with Crippen LogP contribution in [-0.2, 0) is 14.8 Å². The third-order valence-electron chi connectivity index (χ3n) is 6.04. The van der Waals surface area contributed by atoms with Crippen molar-refractivity contribution < 1.29 is 22.5 Å². The fraction of sp³-hybridized carbons (Fsp3) is 0.455. The van der Waals surface area contributed by atoms with Crippen LogP contribution in [0.25, 0.3) is 0 Å². The van der Waals surface area contributed by atoms with Gasteiger partial charge >= 0.3 is 0 Å². The van der Waals surface area contributed by atoms with Gasteiger partial charge in [-0.3, -0.25) is 10.1 Å². The van der Waals surface area contributed by atoms with E-state index in [1.54, 1.807) is 29.2 Å². The van der Waals surface area contributed by atoms with Gasteiger partial charge in [0.1, 0.15) is 5.69 Å². The number of hydrogen-bond acceptors (Lipinski definition) is 7. The van der Waals surface area contributed by atoms with Crippen molar-refractivity contribution in [2.45, 2.75) is 30.8 Å². The fourth-order valence-corrected chi connectivity index (χ4v) is 5.57.